The molecule has 1 atom stereocenters. The summed E-state index contributed by atoms with van der Waals surface area (Å²) in [5.41, 5.74) is 5.15. The Balaban J connectivity index is 1.76. The maximum atomic E-state index is 14.0. The number of para-hydroxylation sites is 1. The summed E-state index contributed by atoms with van der Waals surface area (Å²) in [5, 5.41) is 11.5. The Hall–Kier alpha value is -4.00. The first-order valence-corrected chi connectivity index (χ1v) is 12.9. The molecule has 0 unspecified atom stereocenters. The highest BCUT2D eigenvalue weighted by Gasteiger charge is 2.33. The molecule has 1 aromatic heterocycles. The van der Waals surface area contributed by atoms with Gasteiger partial charge in [0.2, 0.25) is 11.8 Å². The SMILES string of the molecule is CCc1ccc(N(C(=O)Cn2nnc3ccccc32)[C@H](C(=O)NCCC(C)C)c2ccc(C)cc2)cc1. The smallest absolute Gasteiger partial charge is 0.249 e. The second-order valence-corrected chi connectivity index (χ2v) is 9.81. The molecular formula is C30H35N5O2. The molecule has 1 N–H and O–H groups in total. The fourth-order valence-electron chi connectivity index (χ4n) is 4.31. The second-order valence-electron chi connectivity index (χ2n) is 9.81. The van der Waals surface area contributed by atoms with Crippen LogP contribution in [0.5, 0.6) is 0 Å². The van der Waals surface area contributed by atoms with Crippen molar-refractivity contribution in [2.45, 2.75) is 53.1 Å². The Bertz CT molecular complexity index is 1340. The molecule has 0 bridgehead atoms. The molecule has 0 spiro atoms. The molecule has 3 aromatic carbocycles. The highest BCUT2D eigenvalue weighted by molar-refractivity contribution is 6.01. The Kier molecular flexibility index (Phi) is 8.33. The maximum absolute atomic E-state index is 14.0. The van der Waals surface area contributed by atoms with Crippen LogP contribution in [-0.2, 0) is 22.6 Å². The van der Waals surface area contributed by atoms with Crippen molar-refractivity contribution in [1.29, 1.82) is 0 Å². The molecule has 0 fully saturated rings. The number of benzene rings is 3. The zero-order valence-corrected chi connectivity index (χ0v) is 22.0. The molecule has 2 amide bonds. The lowest BCUT2D eigenvalue weighted by molar-refractivity contribution is -0.127. The average molecular weight is 498 g/mol. The number of nitrogens with one attached hydrogen (secondary N) is 1. The highest BCUT2D eigenvalue weighted by Crippen LogP contribution is 2.29. The van der Waals surface area contributed by atoms with Gasteiger partial charge in [-0.3, -0.25) is 14.5 Å². The number of rotatable bonds is 10. The maximum Gasteiger partial charge on any atom is 0.249 e. The lowest BCUT2D eigenvalue weighted by atomic mass is 10.0. The van der Waals surface area contributed by atoms with E-state index in [-0.39, 0.29) is 18.4 Å². The van der Waals surface area contributed by atoms with E-state index in [2.05, 4.69) is 36.4 Å². The molecule has 192 valence electrons. The number of aromatic nitrogens is 3. The standard InChI is InChI=1S/C30H35N5O2/c1-5-23-12-16-25(17-13-23)35(28(36)20-34-27-9-7-6-8-26(27)32-33-34)29(24-14-10-22(4)11-15-24)30(37)31-19-18-21(2)3/h6-17,21,29H,5,18-20H2,1-4H3,(H,31,37)/t29-/m0/s1. The monoisotopic (exact) mass is 497 g/mol. The van der Waals surface area contributed by atoms with E-state index in [0.29, 0.717) is 18.2 Å². The Labute approximate surface area is 218 Å². The molecule has 0 aliphatic carbocycles. The normalized spacial score (nSPS) is 12.0. The number of aryl methyl sites for hydroxylation is 2. The number of fused-ring (bicyclic) bond motifs is 1. The minimum Gasteiger partial charge on any atom is -0.354 e. The minimum atomic E-state index is -0.831. The Morgan fingerprint density at radius 3 is 2.35 bits per heavy atom. The summed E-state index contributed by atoms with van der Waals surface area (Å²) in [7, 11) is 0. The van der Waals surface area contributed by atoms with E-state index in [9.17, 15) is 9.59 Å². The third-order valence-corrected chi connectivity index (χ3v) is 6.52. The molecule has 7 heteroatoms. The zero-order chi connectivity index (χ0) is 26.4. The van der Waals surface area contributed by atoms with Gasteiger partial charge in [0.05, 0.1) is 5.52 Å². The van der Waals surface area contributed by atoms with Gasteiger partial charge < -0.3 is 5.32 Å². The zero-order valence-electron chi connectivity index (χ0n) is 22.0. The van der Waals surface area contributed by atoms with Gasteiger partial charge in [-0.15, -0.1) is 5.10 Å². The van der Waals surface area contributed by atoms with Gasteiger partial charge in [0.25, 0.3) is 0 Å². The van der Waals surface area contributed by atoms with Gasteiger partial charge in [-0.1, -0.05) is 80.1 Å². The number of carbonyl (C=O) groups excluding carboxylic acids is 2. The van der Waals surface area contributed by atoms with Gasteiger partial charge in [0.1, 0.15) is 18.1 Å². The van der Waals surface area contributed by atoms with Crippen molar-refractivity contribution in [2.75, 3.05) is 11.4 Å². The van der Waals surface area contributed by atoms with Crippen LogP contribution in [0.1, 0.15) is 49.9 Å². The number of amides is 2. The molecule has 0 aliphatic rings. The lowest BCUT2D eigenvalue weighted by Crippen LogP contribution is -2.45. The fourth-order valence-corrected chi connectivity index (χ4v) is 4.31. The van der Waals surface area contributed by atoms with Gasteiger partial charge in [-0.2, -0.15) is 0 Å². The minimum absolute atomic E-state index is 0.0440. The number of nitrogens with zero attached hydrogens (tertiary/aromatic N) is 4. The van der Waals surface area contributed by atoms with E-state index in [1.54, 1.807) is 9.58 Å². The summed E-state index contributed by atoms with van der Waals surface area (Å²) in [6.45, 7) is 8.84. The largest absolute Gasteiger partial charge is 0.354 e. The highest BCUT2D eigenvalue weighted by atomic mass is 16.2. The number of anilines is 1. The van der Waals surface area contributed by atoms with Crippen LogP contribution in [0, 0.1) is 12.8 Å². The van der Waals surface area contributed by atoms with E-state index in [0.717, 1.165) is 40.6 Å². The van der Waals surface area contributed by atoms with Crippen molar-refractivity contribution in [1.82, 2.24) is 20.3 Å². The van der Waals surface area contributed by atoms with E-state index < -0.39 is 6.04 Å². The van der Waals surface area contributed by atoms with Crippen LogP contribution in [0.15, 0.2) is 72.8 Å². The number of carbonyl (C=O) groups is 2. The van der Waals surface area contributed by atoms with Gasteiger partial charge in [-0.05, 0) is 61.1 Å². The third kappa shape index (κ3) is 6.23. The number of hydrogen-bond donors (Lipinski definition) is 1. The molecule has 37 heavy (non-hydrogen) atoms. The molecule has 4 rings (SSSR count). The first-order chi connectivity index (χ1) is 17.9. The fraction of sp³-hybridized carbons (Fsp3) is 0.333. The van der Waals surface area contributed by atoms with Crippen LogP contribution >= 0.6 is 0 Å². The van der Waals surface area contributed by atoms with Crippen LogP contribution in [0.4, 0.5) is 5.69 Å². The topological polar surface area (TPSA) is 80.1 Å². The van der Waals surface area contributed by atoms with Crippen molar-refractivity contribution in [2.24, 2.45) is 5.92 Å². The van der Waals surface area contributed by atoms with Gasteiger partial charge in [-0.25, -0.2) is 4.68 Å². The first kappa shape index (κ1) is 26.1. The Morgan fingerprint density at radius 2 is 1.68 bits per heavy atom. The summed E-state index contributed by atoms with van der Waals surface area (Å²) >= 11 is 0. The van der Waals surface area contributed by atoms with Gasteiger partial charge in [0, 0.05) is 12.2 Å². The molecule has 0 radical (unpaired) electrons. The lowest BCUT2D eigenvalue weighted by Gasteiger charge is -2.32. The van der Waals surface area contributed by atoms with Gasteiger partial charge >= 0.3 is 0 Å². The van der Waals surface area contributed by atoms with Crippen LogP contribution < -0.4 is 10.2 Å². The molecule has 1 heterocycles. The van der Waals surface area contributed by atoms with Crippen LogP contribution in [0.25, 0.3) is 11.0 Å². The molecule has 4 aromatic rings. The van der Waals surface area contributed by atoms with Crippen molar-refractivity contribution < 1.29 is 9.59 Å². The molecule has 7 nitrogen and oxygen atoms in total. The molecule has 0 saturated carbocycles. The van der Waals surface area contributed by atoms with E-state index in [1.165, 1.54) is 0 Å². The molecular weight excluding hydrogens is 462 g/mol. The number of hydrogen-bond acceptors (Lipinski definition) is 4. The summed E-state index contributed by atoms with van der Waals surface area (Å²) < 4.78 is 1.59. The summed E-state index contributed by atoms with van der Waals surface area (Å²) in [5.74, 6) is 0.00315. The van der Waals surface area contributed by atoms with Gasteiger partial charge in [0.15, 0.2) is 0 Å². The summed E-state index contributed by atoms with van der Waals surface area (Å²) in [6.07, 6.45) is 1.74. The predicted octanol–water partition coefficient (Wildman–Crippen LogP) is 5.24. The third-order valence-electron chi connectivity index (χ3n) is 6.52. The van der Waals surface area contributed by atoms with Crippen LogP contribution in [0.3, 0.4) is 0 Å². The van der Waals surface area contributed by atoms with Crippen molar-refractivity contribution in [3.8, 4) is 0 Å². The van der Waals surface area contributed by atoms with Crippen LogP contribution in [-0.4, -0.2) is 33.4 Å². The average Bonchev–Trinajstić information content (AvgIpc) is 3.30. The van der Waals surface area contributed by atoms with Crippen LogP contribution in [0.2, 0.25) is 0 Å². The van der Waals surface area contributed by atoms with Crippen molar-refractivity contribution in [3.63, 3.8) is 0 Å². The Morgan fingerprint density at radius 1 is 0.973 bits per heavy atom. The summed E-state index contributed by atoms with van der Waals surface area (Å²) in [4.78, 5) is 29.4. The molecule has 0 saturated heterocycles. The van der Waals surface area contributed by atoms with Crippen molar-refractivity contribution >= 4 is 28.5 Å². The van der Waals surface area contributed by atoms with E-state index in [1.807, 2.05) is 79.7 Å². The second kappa shape index (κ2) is 11.8. The molecule has 0 aliphatic heterocycles. The predicted molar refractivity (Wildman–Crippen MR) is 147 cm³/mol. The quantitative estimate of drug-likeness (QED) is 0.325. The summed E-state index contributed by atoms with van der Waals surface area (Å²) in [6, 6.07) is 22.3. The van der Waals surface area contributed by atoms with E-state index >= 15 is 0 Å². The van der Waals surface area contributed by atoms with Crippen molar-refractivity contribution in [3.05, 3.63) is 89.5 Å². The first-order valence-electron chi connectivity index (χ1n) is 12.9. The van der Waals surface area contributed by atoms with E-state index in [4.69, 9.17) is 0 Å².